The quantitative estimate of drug-likeness (QED) is 0.851. The van der Waals surface area contributed by atoms with E-state index in [1.165, 1.54) is 0 Å². The van der Waals surface area contributed by atoms with Crippen molar-refractivity contribution in [3.8, 4) is 0 Å². The molecule has 2 aromatic rings. The van der Waals surface area contributed by atoms with Gasteiger partial charge in [0.05, 0.1) is 12.3 Å². The van der Waals surface area contributed by atoms with Crippen molar-refractivity contribution in [2.75, 3.05) is 0 Å². The van der Waals surface area contributed by atoms with E-state index in [-0.39, 0.29) is 0 Å². The van der Waals surface area contributed by atoms with Gasteiger partial charge in [0.1, 0.15) is 12.2 Å². The average Bonchev–Trinajstić information content (AvgIpc) is 2.96. The van der Waals surface area contributed by atoms with Gasteiger partial charge in [-0.2, -0.15) is 4.98 Å². The van der Waals surface area contributed by atoms with Gasteiger partial charge in [-0.15, -0.1) is 5.10 Å². The lowest BCUT2D eigenvalue weighted by molar-refractivity contribution is 0.168. The largest absolute Gasteiger partial charge is 0.387 e. The van der Waals surface area contributed by atoms with Crippen LogP contribution >= 0.6 is 0 Å². The summed E-state index contributed by atoms with van der Waals surface area (Å²) in [6.45, 7) is 2.31. The van der Waals surface area contributed by atoms with Crippen molar-refractivity contribution in [1.29, 1.82) is 0 Å². The molecule has 7 nitrogen and oxygen atoms in total. The van der Waals surface area contributed by atoms with Crippen molar-refractivity contribution in [3.05, 3.63) is 23.6 Å². The monoisotopic (exact) mass is 249 g/mol. The molecule has 96 valence electrons. The lowest BCUT2D eigenvalue weighted by Gasteiger charge is -2.00. The van der Waals surface area contributed by atoms with E-state index >= 15 is 0 Å². The van der Waals surface area contributed by atoms with Gasteiger partial charge >= 0.3 is 0 Å². The Labute approximate surface area is 104 Å². The van der Waals surface area contributed by atoms with Crippen molar-refractivity contribution in [3.63, 3.8) is 0 Å². The molecule has 0 bridgehead atoms. The van der Waals surface area contributed by atoms with E-state index in [1.807, 2.05) is 6.92 Å². The summed E-state index contributed by atoms with van der Waals surface area (Å²) >= 11 is 0. The van der Waals surface area contributed by atoms with Gasteiger partial charge < -0.3 is 9.63 Å². The van der Waals surface area contributed by atoms with E-state index in [2.05, 4.69) is 20.5 Å². The third kappa shape index (κ3) is 2.26. The Balaban J connectivity index is 1.69. The number of hydrogen-bond acceptors (Lipinski definition) is 6. The minimum atomic E-state index is -0.564. The van der Waals surface area contributed by atoms with Gasteiger partial charge in [-0.05, 0) is 19.3 Å². The molecule has 1 atom stereocenters. The summed E-state index contributed by atoms with van der Waals surface area (Å²) in [6.07, 6.45) is 4.04. The summed E-state index contributed by atoms with van der Waals surface area (Å²) in [5.74, 6) is 1.78. The van der Waals surface area contributed by atoms with Crippen molar-refractivity contribution >= 4 is 0 Å². The smallest absolute Gasteiger partial charge is 0.229 e. The van der Waals surface area contributed by atoms with E-state index in [0.717, 1.165) is 18.7 Å². The Morgan fingerprint density at radius 1 is 1.56 bits per heavy atom. The van der Waals surface area contributed by atoms with Crippen LogP contribution in [0.1, 0.15) is 55.6 Å². The summed E-state index contributed by atoms with van der Waals surface area (Å²) in [7, 11) is 0. The van der Waals surface area contributed by atoms with Crippen molar-refractivity contribution in [1.82, 2.24) is 25.1 Å². The first-order valence-corrected chi connectivity index (χ1v) is 6.17. The van der Waals surface area contributed by atoms with Gasteiger partial charge in [-0.3, -0.25) is 0 Å². The Bertz CT molecular complexity index is 531. The molecule has 1 unspecified atom stereocenters. The molecule has 0 aliphatic heterocycles. The van der Waals surface area contributed by atoms with Crippen LogP contribution in [0.25, 0.3) is 0 Å². The van der Waals surface area contributed by atoms with E-state index in [9.17, 15) is 5.11 Å². The molecule has 2 heterocycles. The van der Waals surface area contributed by atoms with Crippen LogP contribution in [0.5, 0.6) is 0 Å². The number of aliphatic hydroxyl groups excluding tert-OH is 1. The number of aliphatic hydroxyl groups is 1. The minimum absolute atomic E-state index is 0.416. The van der Waals surface area contributed by atoms with Gasteiger partial charge in [0, 0.05) is 5.92 Å². The molecule has 1 aliphatic carbocycles. The second-order valence-corrected chi connectivity index (χ2v) is 4.59. The molecular formula is C11H15N5O2. The maximum atomic E-state index is 9.63. The summed E-state index contributed by atoms with van der Waals surface area (Å²) in [5.41, 5.74) is 0.573. The first-order chi connectivity index (χ1) is 8.76. The molecule has 2 aromatic heterocycles. The van der Waals surface area contributed by atoms with E-state index < -0.39 is 6.10 Å². The first kappa shape index (κ1) is 11.3. The lowest BCUT2D eigenvalue weighted by atomic mass is 10.2. The summed E-state index contributed by atoms with van der Waals surface area (Å²) in [6, 6.07) is 0. The van der Waals surface area contributed by atoms with Crippen LogP contribution in [-0.2, 0) is 6.54 Å². The molecular weight excluding hydrogens is 234 g/mol. The highest BCUT2D eigenvalue weighted by Crippen LogP contribution is 2.38. The maximum Gasteiger partial charge on any atom is 0.229 e. The number of rotatable bonds is 5. The van der Waals surface area contributed by atoms with E-state index in [1.54, 1.807) is 10.9 Å². The fourth-order valence-electron chi connectivity index (χ4n) is 1.73. The van der Waals surface area contributed by atoms with Crippen LogP contribution in [0.15, 0.2) is 10.7 Å². The highest BCUT2D eigenvalue weighted by molar-refractivity contribution is 5.02. The molecule has 7 heteroatoms. The molecule has 3 rings (SSSR count). The molecule has 0 saturated heterocycles. The molecule has 0 spiro atoms. The lowest BCUT2D eigenvalue weighted by Crippen LogP contribution is -2.02. The summed E-state index contributed by atoms with van der Waals surface area (Å²) in [4.78, 5) is 4.31. The second kappa shape index (κ2) is 4.49. The summed E-state index contributed by atoms with van der Waals surface area (Å²) < 4.78 is 6.77. The molecule has 18 heavy (non-hydrogen) atoms. The third-order valence-electron chi connectivity index (χ3n) is 3.00. The fourth-order valence-corrected chi connectivity index (χ4v) is 1.73. The van der Waals surface area contributed by atoms with E-state index in [4.69, 9.17) is 4.52 Å². The third-order valence-corrected chi connectivity index (χ3v) is 3.00. The number of aromatic nitrogens is 5. The molecule has 0 radical (unpaired) electrons. The summed E-state index contributed by atoms with van der Waals surface area (Å²) in [5, 5.41) is 21.4. The Morgan fingerprint density at radius 2 is 2.39 bits per heavy atom. The predicted molar refractivity (Wildman–Crippen MR) is 60.6 cm³/mol. The maximum absolute atomic E-state index is 9.63. The van der Waals surface area contributed by atoms with E-state index in [0.29, 0.717) is 30.4 Å². The van der Waals surface area contributed by atoms with Gasteiger partial charge in [0.25, 0.3) is 0 Å². The first-order valence-electron chi connectivity index (χ1n) is 6.17. The zero-order chi connectivity index (χ0) is 12.5. The van der Waals surface area contributed by atoms with Crippen molar-refractivity contribution in [2.45, 2.75) is 44.8 Å². The second-order valence-electron chi connectivity index (χ2n) is 4.59. The minimum Gasteiger partial charge on any atom is -0.387 e. The van der Waals surface area contributed by atoms with Crippen LogP contribution < -0.4 is 0 Å². The fraction of sp³-hybridized carbons (Fsp3) is 0.636. The van der Waals surface area contributed by atoms with Gasteiger partial charge in [0.2, 0.25) is 5.89 Å². The SMILES string of the molecule is CCC(O)c1cn(Cc2noc(C3CC3)n2)nn1. The van der Waals surface area contributed by atoms with Crippen LogP contribution in [0, 0.1) is 0 Å². The van der Waals surface area contributed by atoms with Crippen LogP contribution in [0.4, 0.5) is 0 Å². The molecule has 1 aliphatic rings. The topological polar surface area (TPSA) is 89.9 Å². The number of nitrogens with zero attached hydrogens (tertiary/aromatic N) is 5. The zero-order valence-electron chi connectivity index (χ0n) is 10.2. The molecule has 0 amide bonds. The molecule has 1 saturated carbocycles. The van der Waals surface area contributed by atoms with Crippen LogP contribution in [-0.4, -0.2) is 30.2 Å². The van der Waals surface area contributed by atoms with Gasteiger partial charge in [-0.25, -0.2) is 4.68 Å². The standard InChI is InChI=1S/C11H15N5O2/c1-2-9(17)8-5-16(15-13-8)6-10-12-11(18-14-10)7-3-4-7/h5,7,9,17H,2-4,6H2,1H3. The number of hydrogen-bond donors (Lipinski definition) is 1. The molecule has 0 aromatic carbocycles. The normalized spacial score (nSPS) is 17.0. The Morgan fingerprint density at radius 3 is 3.11 bits per heavy atom. The molecule has 1 fully saturated rings. The van der Waals surface area contributed by atoms with Crippen molar-refractivity contribution < 1.29 is 9.63 Å². The van der Waals surface area contributed by atoms with Crippen LogP contribution in [0.2, 0.25) is 0 Å². The van der Waals surface area contributed by atoms with Crippen LogP contribution in [0.3, 0.4) is 0 Å². The van der Waals surface area contributed by atoms with Gasteiger partial charge in [-0.1, -0.05) is 17.3 Å². The Kier molecular flexibility index (Phi) is 2.83. The molecule has 1 N–H and O–H groups in total. The zero-order valence-corrected chi connectivity index (χ0v) is 10.2. The predicted octanol–water partition coefficient (Wildman–Crippen LogP) is 1.03. The average molecular weight is 249 g/mol. The highest BCUT2D eigenvalue weighted by atomic mass is 16.5. The Hall–Kier alpha value is -1.76. The van der Waals surface area contributed by atoms with Crippen molar-refractivity contribution in [2.24, 2.45) is 0 Å². The highest BCUT2D eigenvalue weighted by Gasteiger charge is 2.29. The van der Waals surface area contributed by atoms with Gasteiger partial charge in [0.15, 0.2) is 5.82 Å².